The van der Waals surface area contributed by atoms with Gasteiger partial charge in [0.2, 0.25) is 0 Å². The Balaban J connectivity index is 3.40. The summed E-state index contributed by atoms with van der Waals surface area (Å²) in [5.41, 5.74) is 5.12. The number of pyridine rings is 1. The third-order valence-electron chi connectivity index (χ3n) is 1.11. The second-order valence-electron chi connectivity index (χ2n) is 1.80. The molecule has 0 radical (unpaired) electrons. The second-order valence-corrected chi connectivity index (χ2v) is 2.59. The number of anilines is 1. The highest BCUT2D eigenvalue weighted by Crippen LogP contribution is 2.22. The average Bonchev–Trinajstić information content (AvgIpc) is 2.01. The molecule has 0 saturated carbocycles. The van der Waals surface area contributed by atoms with E-state index in [0.717, 1.165) is 6.20 Å². The van der Waals surface area contributed by atoms with Crippen LogP contribution in [0.15, 0.2) is 10.7 Å². The van der Waals surface area contributed by atoms with Gasteiger partial charge in [0.05, 0.1) is 10.7 Å². The molecule has 56 valence electrons. The summed E-state index contributed by atoms with van der Waals surface area (Å²) in [4.78, 5) is 3.58. The van der Waals surface area contributed by atoms with E-state index in [1.165, 1.54) is 0 Å². The largest absolute Gasteiger partial charge is 0.383 e. The zero-order chi connectivity index (χ0) is 8.43. The van der Waals surface area contributed by atoms with Gasteiger partial charge in [-0.1, -0.05) is 0 Å². The summed E-state index contributed by atoms with van der Waals surface area (Å²) in [6.07, 6.45) is 1.09. The molecule has 0 fully saturated rings. The van der Waals surface area contributed by atoms with Gasteiger partial charge in [-0.3, -0.25) is 0 Å². The summed E-state index contributed by atoms with van der Waals surface area (Å²) in [6.45, 7) is 0. The van der Waals surface area contributed by atoms with Crippen molar-refractivity contribution in [1.82, 2.24) is 4.98 Å². The number of hydrogen-bond donors (Lipinski definition) is 1. The molecular formula is C6H3BrFN3. The minimum atomic E-state index is -0.667. The topological polar surface area (TPSA) is 62.7 Å². The van der Waals surface area contributed by atoms with Crippen LogP contribution >= 0.6 is 15.9 Å². The van der Waals surface area contributed by atoms with E-state index < -0.39 is 5.82 Å². The van der Waals surface area contributed by atoms with Gasteiger partial charge in [-0.15, -0.1) is 0 Å². The molecule has 0 aliphatic rings. The third kappa shape index (κ3) is 1.30. The zero-order valence-corrected chi connectivity index (χ0v) is 6.89. The van der Waals surface area contributed by atoms with Crippen molar-refractivity contribution in [1.29, 1.82) is 5.26 Å². The first kappa shape index (κ1) is 7.95. The van der Waals surface area contributed by atoms with E-state index in [-0.39, 0.29) is 15.9 Å². The zero-order valence-electron chi connectivity index (χ0n) is 5.31. The Kier molecular flexibility index (Phi) is 2.06. The van der Waals surface area contributed by atoms with Crippen LogP contribution in [-0.2, 0) is 0 Å². The molecule has 0 aromatic carbocycles. The normalized spacial score (nSPS) is 9.18. The first-order valence-electron chi connectivity index (χ1n) is 2.66. The lowest BCUT2D eigenvalue weighted by atomic mass is 10.3. The molecule has 0 saturated heterocycles. The fourth-order valence-corrected chi connectivity index (χ4v) is 0.872. The smallest absolute Gasteiger partial charge is 0.160 e. The number of nitriles is 1. The number of hydrogen-bond acceptors (Lipinski definition) is 3. The van der Waals surface area contributed by atoms with E-state index in [9.17, 15) is 4.39 Å². The Morgan fingerprint density at radius 3 is 2.91 bits per heavy atom. The lowest BCUT2D eigenvalue weighted by Crippen LogP contribution is -1.96. The highest BCUT2D eigenvalue weighted by Gasteiger charge is 2.09. The Morgan fingerprint density at radius 1 is 1.73 bits per heavy atom. The first-order chi connectivity index (χ1) is 5.16. The lowest BCUT2D eigenvalue weighted by molar-refractivity contribution is 0.615. The predicted octanol–water partition coefficient (Wildman–Crippen LogP) is 1.44. The highest BCUT2D eigenvalue weighted by atomic mass is 79.9. The van der Waals surface area contributed by atoms with Gasteiger partial charge < -0.3 is 5.73 Å². The number of nitrogen functional groups attached to an aromatic ring is 1. The Labute approximate surface area is 70.8 Å². The van der Waals surface area contributed by atoms with E-state index in [1.807, 2.05) is 0 Å². The number of nitrogens with zero attached hydrogens (tertiary/aromatic N) is 2. The molecule has 11 heavy (non-hydrogen) atoms. The van der Waals surface area contributed by atoms with Crippen molar-refractivity contribution >= 4 is 21.7 Å². The van der Waals surface area contributed by atoms with Gasteiger partial charge in [-0.2, -0.15) is 5.26 Å². The van der Waals surface area contributed by atoms with Crippen LogP contribution < -0.4 is 5.73 Å². The van der Waals surface area contributed by atoms with E-state index in [4.69, 9.17) is 11.0 Å². The Bertz CT molecular complexity index is 331. The molecule has 1 aromatic heterocycles. The molecule has 1 heterocycles. The monoisotopic (exact) mass is 215 g/mol. The standard InChI is InChI=1S/C6H3BrFN3/c7-4-5(8)3(1-9)2-11-6(4)10/h2H,(H2,10,11). The van der Waals surface area contributed by atoms with E-state index >= 15 is 0 Å². The van der Waals surface area contributed by atoms with Crippen molar-refractivity contribution in [2.24, 2.45) is 0 Å². The Morgan fingerprint density at radius 2 is 2.36 bits per heavy atom. The molecule has 1 aromatic rings. The molecule has 0 amide bonds. The third-order valence-corrected chi connectivity index (χ3v) is 1.86. The van der Waals surface area contributed by atoms with E-state index in [1.54, 1.807) is 6.07 Å². The number of aromatic nitrogens is 1. The fraction of sp³-hybridized carbons (Fsp3) is 0. The average molecular weight is 216 g/mol. The van der Waals surface area contributed by atoms with Crippen molar-refractivity contribution in [2.45, 2.75) is 0 Å². The van der Waals surface area contributed by atoms with Gasteiger partial charge in [0.15, 0.2) is 5.82 Å². The van der Waals surface area contributed by atoms with Gasteiger partial charge in [-0.05, 0) is 15.9 Å². The number of halogens is 2. The number of nitrogens with two attached hydrogens (primary N) is 1. The van der Waals surface area contributed by atoms with Crippen LogP contribution in [0.5, 0.6) is 0 Å². The molecule has 1 rings (SSSR count). The van der Waals surface area contributed by atoms with Crippen molar-refractivity contribution in [3.05, 3.63) is 22.1 Å². The van der Waals surface area contributed by atoms with Gasteiger partial charge in [0.25, 0.3) is 0 Å². The van der Waals surface area contributed by atoms with Crippen LogP contribution in [0, 0.1) is 17.1 Å². The summed E-state index contributed by atoms with van der Waals surface area (Å²) in [5.74, 6) is -0.624. The maximum absolute atomic E-state index is 12.9. The summed E-state index contributed by atoms with van der Waals surface area (Å²) in [6, 6.07) is 1.64. The molecule has 5 heteroatoms. The van der Waals surface area contributed by atoms with Gasteiger partial charge in [-0.25, -0.2) is 9.37 Å². The van der Waals surface area contributed by atoms with Crippen molar-refractivity contribution in [3.63, 3.8) is 0 Å². The summed E-state index contributed by atoms with van der Waals surface area (Å²) in [7, 11) is 0. The molecule has 0 unspecified atom stereocenters. The summed E-state index contributed by atoms with van der Waals surface area (Å²) < 4.78 is 12.9. The van der Waals surface area contributed by atoms with Gasteiger partial charge >= 0.3 is 0 Å². The van der Waals surface area contributed by atoms with E-state index in [0.29, 0.717) is 0 Å². The van der Waals surface area contributed by atoms with Gasteiger partial charge in [0.1, 0.15) is 17.5 Å². The maximum atomic E-state index is 12.9. The lowest BCUT2D eigenvalue weighted by Gasteiger charge is -1.98. The minimum Gasteiger partial charge on any atom is -0.383 e. The first-order valence-corrected chi connectivity index (χ1v) is 3.45. The molecule has 0 atom stereocenters. The van der Waals surface area contributed by atoms with Crippen LogP contribution in [0.2, 0.25) is 0 Å². The molecule has 0 spiro atoms. The van der Waals surface area contributed by atoms with Crippen LogP contribution in [0.1, 0.15) is 5.56 Å². The molecule has 0 aliphatic heterocycles. The minimum absolute atomic E-state index is 0.0385. The van der Waals surface area contributed by atoms with Gasteiger partial charge in [0, 0.05) is 0 Å². The van der Waals surface area contributed by atoms with Crippen LogP contribution in [0.3, 0.4) is 0 Å². The molecule has 0 aliphatic carbocycles. The van der Waals surface area contributed by atoms with Crippen molar-refractivity contribution in [2.75, 3.05) is 5.73 Å². The van der Waals surface area contributed by atoms with Crippen LogP contribution in [-0.4, -0.2) is 4.98 Å². The van der Waals surface area contributed by atoms with Crippen molar-refractivity contribution in [3.8, 4) is 6.07 Å². The quantitative estimate of drug-likeness (QED) is 0.713. The highest BCUT2D eigenvalue weighted by molar-refractivity contribution is 9.10. The molecule has 0 bridgehead atoms. The summed E-state index contributed by atoms with van der Waals surface area (Å²) in [5, 5.41) is 8.34. The Hall–Kier alpha value is -1.15. The molecular weight excluding hydrogens is 213 g/mol. The summed E-state index contributed by atoms with van der Waals surface area (Å²) >= 11 is 2.86. The van der Waals surface area contributed by atoms with Crippen LogP contribution in [0.25, 0.3) is 0 Å². The maximum Gasteiger partial charge on any atom is 0.160 e. The predicted molar refractivity (Wildman–Crippen MR) is 41.0 cm³/mol. The second kappa shape index (κ2) is 2.84. The molecule has 2 N–H and O–H groups in total. The van der Waals surface area contributed by atoms with E-state index in [2.05, 4.69) is 20.9 Å². The fourth-order valence-electron chi connectivity index (χ4n) is 0.556. The van der Waals surface area contributed by atoms with Crippen molar-refractivity contribution < 1.29 is 4.39 Å². The number of rotatable bonds is 0. The molecule has 3 nitrogen and oxygen atoms in total. The van der Waals surface area contributed by atoms with Crippen LogP contribution in [0.4, 0.5) is 10.2 Å². The SMILES string of the molecule is N#Cc1cnc(N)c(Br)c1F.